The van der Waals surface area contributed by atoms with Crippen molar-refractivity contribution in [3.63, 3.8) is 0 Å². The highest BCUT2D eigenvalue weighted by Gasteiger charge is 2.16. The summed E-state index contributed by atoms with van der Waals surface area (Å²) in [6.45, 7) is 0.516. The first kappa shape index (κ1) is 14.3. The number of nitrogens with one attached hydrogen (secondary N) is 1. The minimum absolute atomic E-state index is 0.246. The Morgan fingerprint density at radius 1 is 1.21 bits per heavy atom. The second-order valence-corrected chi connectivity index (χ2v) is 7.03. The summed E-state index contributed by atoms with van der Waals surface area (Å²) in [7, 11) is -3.41. The fourth-order valence-corrected chi connectivity index (χ4v) is 3.74. The number of hydrogen-bond acceptors (Lipinski definition) is 3. The quantitative estimate of drug-likeness (QED) is 0.815. The van der Waals surface area contributed by atoms with Crippen LogP contribution in [0.15, 0.2) is 29.2 Å². The summed E-state index contributed by atoms with van der Waals surface area (Å²) < 4.78 is 26.8. The van der Waals surface area contributed by atoms with Crippen LogP contribution in [0.5, 0.6) is 0 Å². The van der Waals surface area contributed by atoms with Crippen molar-refractivity contribution >= 4 is 15.7 Å². The molecule has 1 fully saturated rings. The number of rotatable bonds is 5. The number of nitrogens with two attached hydrogens (primary N) is 1. The lowest BCUT2D eigenvalue weighted by molar-refractivity contribution is 0.339. The molecule has 1 saturated carbocycles. The minimum atomic E-state index is -3.41. The molecule has 0 radical (unpaired) electrons. The predicted molar refractivity (Wildman–Crippen MR) is 77.2 cm³/mol. The Labute approximate surface area is 115 Å². The summed E-state index contributed by atoms with van der Waals surface area (Å²) in [5, 5.41) is 0. The molecular weight excluding hydrogens is 260 g/mol. The van der Waals surface area contributed by atoms with Crippen molar-refractivity contribution in [3.8, 4) is 0 Å². The van der Waals surface area contributed by atoms with Gasteiger partial charge in [0.25, 0.3) is 0 Å². The molecule has 0 atom stereocenters. The van der Waals surface area contributed by atoms with Gasteiger partial charge in [-0.3, -0.25) is 0 Å². The molecule has 0 amide bonds. The smallest absolute Gasteiger partial charge is 0.240 e. The van der Waals surface area contributed by atoms with E-state index in [4.69, 9.17) is 5.73 Å². The normalized spacial score (nSPS) is 17.5. The zero-order valence-electron chi connectivity index (χ0n) is 11.1. The molecule has 0 unspecified atom stereocenters. The molecule has 1 aliphatic carbocycles. The first-order chi connectivity index (χ1) is 9.08. The summed E-state index contributed by atoms with van der Waals surface area (Å²) >= 11 is 0. The Kier molecular flexibility index (Phi) is 4.82. The Morgan fingerprint density at radius 3 is 2.63 bits per heavy atom. The Balaban J connectivity index is 1.87. The van der Waals surface area contributed by atoms with Crippen molar-refractivity contribution in [3.05, 3.63) is 24.3 Å². The number of nitrogen functional groups attached to an aromatic ring is 1. The lowest BCUT2D eigenvalue weighted by atomic mass is 9.87. The first-order valence-corrected chi connectivity index (χ1v) is 8.41. The van der Waals surface area contributed by atoms with Crippen LogP contribution >= 0.6 is 0 Å². The monoisotopic (exact) mass is 282 g/mol. The van der Waals surface area contributed by atoms with Crippen LogP contribution in [0.3, 0.4) is 0 Å². The molecule has 0 heterocycles. The van der Waals surface area contributed by atoms with E-state index in [1.165, 1.54) is 38.2 Å². The van der Waals surface area contributed by atoms with Gasteiger partial charge in [0.1, 0.15) is 0 Å². The second kappa shape index (κ2) is 6.39. The van der Waals surface area contributed by atoms with E-state index in [2.05, 4.69) is 4.72 Å². The molecule has 5 heteroatoms. The first-order valence-electron chi connectivity index (χ1n) is 6.93. The summed E-state index contributed by atoms with van der Waals surface area (Å²) in [5.74, 6) is 0.678. The third-order valence-corrected chi connectivity index (χ3v) is 5.20. The molecule has 0 saturated heterocycles. The lowest BCUT2D eigenvalue weighted by Gasteiger charge is -2.21. The van der Waals surface area contributed by atoms with E-state index >= 15 is 0 Å². The average molecular weight is 282 g/mol. The highest BCUT2D eigenvalue weighted by molar-refractivity contribution is 7.89. The van der Waals surface area contributed by atoms with E-state index in [1.807, 2.05) is 0 Å². The summed E-state index contributed by atoms with van der Waals surface area (Å²) in [6.07, 6.45) is 7.30. The SMILES string of the molecule is Nc1cccc(S(=O)(=O)NCCC2CCCCC2)c1. The number of anilines is 1. The Bertz CT molecular complexity index is 508. The van der Waals surface area contributed by atoms with Gasteiger partial charge in [-0.15, -0.1) is 0 Å². The molecule has 0 bridgehead atoms. The van der Waals surface area contributed by atoms with Crippen molar-refractivity contribution in [1.29, 1.82) is 0 Å². The van der Waals surface area contributed by atoms with Crippen LogP contribution in [0, 0.1) is 5.92 Å². The van der Waals surface area contributed by atoms with Crippen LogP contribution in [0.4, 0.5) is 5.69 Å². The fraction of sp³-hybridized carbons (Fsp3) is 0.571. The van der Waals surface area contributed by atoms with Crippen molar-refractivity contribution in [2.45, 2.75) is 43.4 Å². The molecule has 0 aliphatic heterocycles. The molecule has 106 valence electrons. The van der Waals surface area contributed by atoms with Gasteiger partial charge >= 0.3 is 0 Å². The summed E-state index contributed by atoms with van der Waals surface area (Å²) in [4.78, 5) is 0.246. The molecule has 1 aliphatic rings. The van der Waals surface area contributed by atoms with Crippen LogP contribution in [0.1, 0.15) is 38.5 Å². The number of benzene rings is 1. The third-order valence-electron chi connectivity index (χ3n) is 3.74. The van der Waals surface area contributed by atoms with Crippen LogP contribution in [-0.4, -0.2) is 15.0 Å². The van der Waals surface area contributed by atoms with Gasteiger partial charge in [0.15, 0.2) is 0 Å². The molecule has 4 nitrogen and oxygen atoms in total. The van der Waals surface area contributed by atoms with Crippen molar-refractivity contribution in [1.82, 2.24) is 4.72 Å². The van der Waals surface area contributed by atoms with E-state index in [0.29, 0.717) is 18.2 Å². The lowest BCUT2D eigenvalue weighted by Crippen LogP contribution is -2.26. The highest BCUT2D eigenvalue weighted by Crippen LogP contribution is 2.25. The molecule has 0 spiro atoms. The molecule has 1 aromatic rings. The molecule has 0 aromatic heterocycles. The zero-order valence-corrected chi connectivity index (χ0v) is 12.0. The van der Waals surface area contributed by atoms with Crippen LogP contribution in [0.2, 0.25) is 0 Å². The van der Waals surface area contributed by atoms with Gasteiger partial charge in [-0.2, -0.15) is 0 Å². The van der Waals surface area contributed by atoms with Crippen LogP contribution < -0.4 is 10.5 Å². The maximum absolute atomic E-state index is 12.1. The maximum atomic E-state index is 12.1. The molecule has 19 heavy (non-hydrogen) atoms. The van der Waals surface area contributed by atoms with Crippen molar-refractivity contribution in [2.24, 2.45) is 5.92 Å². The van der Waals surface area contributed by atoms with E-state index < -0.39 is 10.0 Å². The average Bonchev–Trinajstić information content (AvgIpc) is 2.40. The van der Waals surface area contributed by atoms with Gasteiger partial charge < -0.3 is 5.73 Å². The standard InChI is InChI=1S/C14H22N2O2S/c15-13-7-4-8-14(11-13)19(17,18)16-10-9-12-5-2-1-3-6-12/h4,7-8,11-12,16H,1-3,5-6,9-10,15H2. The maximum Gasteiger partial charge on any atom is 0.240 e. The zero-order chi connectivity index (χ0) is 13.7. The van der Waals surface area contributed by atoms with Gasteiger partial charge in [0, 0.05) is 12.2 Å². The number of hydrogen-bond donors (Lipinski definition) is 2. The van der Waals surface area contributed by atoms with Gasteiger partial charge in [-0.25, -0.2) is 13.1 Å². The Hall–Kier alpha value is -1.07. The van der Waals surface area contributed by atoms with Gasteiger partial charge in [0.2, 0.25) is 10.0 Å². The summed E-state index contributed by atoms with van der Waals surface area (Å²) in [6, 6.07) is 6.40. The number of sulfonamides is 1. The molecular formula is C14H22N2O2S. The second-order valence-electron chi connectivity index (χ2n) is 5.26. The van der Waals surface area contributed by atoms with Crippen LogP contribution in [-0.2, 0) is 10.0 Å². The van der Waals surface area contributed by atoms with Gasteiger partial charge in [-0.05, 0) is 30.5 Å². The van der Waals surface area contributed by atoms with Crippen molar-refractivity contribution < 1.29 is 8.42 Å². The minimum Gasteiger partial charge on any atom is -0.399 e. The highest BCUT2D eigenvalue weighted by atomic mass is 32.2. The summed E-state index contributed by atoms with van der Waals surface area (Å²) in [5.41, 5.74) is 6.08. The van der Waals surface area contributed by atoms with E-state index in [0.717, 1.165) is 6.42 Å². The van der Waals surface area contributed by atoms with Crippen molar-refractivity contribution in [2.75, 3.05) is 12.3 Å². The topological polar surface area (TPSA) is 72.2 Å². The predicted octanol–water partition coefficient (Wildman–Crippen LogP) is 2.52. The van der Waals surface area contributed by atoms with E-state index in [9.17, 15) is 8.42 Å². The largest absolute Gasteiger partial charge is 0.399 e. The molecule has 2 rings (SSSR count). The fourth-order valence-electron chi connectivity index (χ4n) is 2.64. The molecule has 1 aromatic carbocycles. The van der Waals surface area contributed by atoms with E-state index in [-0.39, 0.29) is 4.90 Å². The van der Waals surface area contributed by atoms with Gasteiger partial charge in [0.05, 0.1) is 4.90 Å². The van der Waals surface area contributed by atoms with E-state index in [1.54, 1.807) is 18.2 Å². The van der Waals surface area contributed by atoms with Crippen LogP contribution in [0.25, 0.3) is 0 Å². The Morgan fingerprint density at radius 2 is 1.95 bits per heavy atom. The molecule has 3 N–H and O–H groups in total. The van der Waals surface area contributed by atoms with Gasteiger partial charge in [-0.1, -0.05) is 38.2 Å². The third kappa shape index (κ3) is 4.21.